The molecule has 2 rings (SSSR count). The van der Waals surface area contributed by atoms with Crippen LogP contribution in [0.3, 0.4) is 0 Å². The van der Waals surface area contributed by atoms with Gasteiger partial charge in [0.1, 0.15) is 10.7 Å². The molecular weight excluding hydrogens is 293 g/mol. The van der Waals surface area contributed by atoms with Gasteiger partial charge in [-0.3, -0.25) is 4.79 Å². The Kier molecular flexibility index (Phi) is 4.19. The summed E-state index contributed by atoms with van der Waals surface area (Å²) in [5, 5.41) is 5.73. The first-order chi connectivity index (χ1) is 8.61. The van der Waals surface area contributed by atoms with Crippen molar-refractivity contribution in [1.29, 1.82) is 0 Å². The first-order valence-corrected chi connectivity index (χ1v) is 6.65. The van der Waals surface area contributed by atoms with Gasteiger partial charge in [0.25, 0.3) is 5.91 Å². The van der Waals surface area contributed by atoms with Crippen molar-refractivity contribution in [2.45, 2.75) is 6.54 Å². The van der Waals surface area contributed by atoms with E-state index in [4.69, 9.17) is 28.9 Å². The number of aromatic nitrogens is 1. The van der Waals surface area contributed by atoms with Crippen molar-refractivity contribution >= 4 is 46.1 Å². The Morgan fingerprint density at radius 3 is 2.61 bits per heavy atom. The van der Waals surface area contributed by atoms with Crippen LogP contribution in [-0.2, 0) is 6.54 Å². The smallest absolute Gasteiger partial charge is 0.275 e. The number of nitrogens with two attached hydrogens (primary N) is 1. The molecule has 1 aromatic carbocycles. The third-order valence-electron chi connectivity index (χ3n) is 2.16. The first-order valence-electron chi connectivity index (χ1n) is 5.01. The van der Waals surface area contributed by atoms with Crippen molar-refractivity contribution < 1.29 is 4.79 Å². The molecular formula is C11H9Cl2N3OS. The second-order valence-electron chi connectivity index (χ2n) is 3.38. The van der Waals surface area contributed by atoms with Crippen LogP contribution in [0, 0.1) is 0 Å². The van der Waals surface area contributed by atoms with Crippen molar-refractivity contribution in [3.8, 4) is 0 Å². The zero-order valence-corrected chi connectivity index (χ0v) is 11.4. The lowest BCUT2D eigenvalue weighted by Crippen LogP contribution is -2.13. The number of nitrogens with one attached hydrogen (secondary N) is 1. The minimum Gasteiger partial charge on any atom is -0.325 e. The molecule has 1 aromatic heterocycles. The number of rotatable bonds is 3. The highest BCUT2D eigenvalue weighted by molar-refractivity contribution is 7.09. The quantitative estimate of drug-likeness (QED) is 0.915. The molecule has 0 saturated carbocycles. The van der Waals surface area contributed by atoms with Gasteiger partial charge < -0.3 is 11.1 Å². The van der Waals surface area contributed by atoms with Crippen molar-refractivity contribution in [3.05, 3.63) is 44.3 Å². The maximum Gasteiger partial charge on any atom is 0.275 e. The lowest BCUT2D eigenvalue weighted by molar-refractivity contribution is 0.102. The molecule has 0 atom stereocenters. The van der Waals surface area contributed by atoms with Crippen LogP contribution in [0.1, 0.15) is 15.5 Å². The van der Waals surface area contributed by atoms with Gasteiger partial charge in [-0.2, -0.15) is 0 Å². The Labute approximate surface area is 118 Å². The molecule has 0 saturated heterocycles. The summed E-state index contributed by atoms with van der Waals surface area (Å²) in [4.78, 5) is 16.0. The monoisotopic (exact) mass is 301 g/mol. The molecule has 0 radical (unpaired) electrons. The molecule has 0 bridgehead atoms. The summed E-state index contributed by atoms with van der Waals surface area (Å²) in [6.07, 6.45) is 0. The van der Waals surface area contributed by atoms with Gasteiger partial charge in [0.05, 0.1) is 15.7 Å². The van der Waals surface area contributed by atoms with Crippen molar-refractivity contribution in [1.82, 2.24) is 4.98 Å². The summed E-state index contributed by atoms with van der Waals surface area (Å²) in [5.74, 6) is -0.360. The molecule has 7 heteroatoms. The molecule has 1 heterocycles. The summed E-state index contributed by atoms with van der Waals surface area (Å²) < 4.78 is 0. The van der Waals surface area contributed by atoms with E-state index in [-0.39, 0.29) is 5.91 Å². The lowest BCUT2D eigenvalue weighted by atomic mass is 10.3. The van der Waals surface area contributed by atoms with E-state index >= 15 is 0 Å². The van der Waals surface area contributed by atoms with E-state index in [0.717, 1.165) is 0 Å². The van der Waals surface area contributed by atoms with Crippen molar-refractivity contribution in [3.63, 3.8) is 0 Å². The van der Waals surface area contributed by atoms with Crippen molar-refractivity contribution in [2.75, 3.05) is 5.32 Å². The predicted molar refractivity (Wildman–Crippen MR) is 74.4 cm³/mol. The second kappa shape index (κ2) is 5.67. The highest BCUT2D eigenvalue weighted by Gasteiger charge is 2.14. The average molecular weight is 302 g/mol. The van der Waals surface area contributed by atoms with Crippen LogP contribution in [-0.4, -0.2) is 10.9 Å². The first kappa shape index (κ1) is 13.3. The Morgan fingerprint density at radius 2 is 2.06 bits per heavy atom. The number of amides is 1. The molecule has 0 aliphatic heterocycles. The van der Waals surface area contributed by atoms with Crippen LogP contribution in [0.4, 0.5) is 5.69 Å². The fraction of sp³-hybridized carbons (Fsp3) is 0.0909. The number of halogens is 2. The van der Waals surface area contributed by atoms with E-state index in [9.17, 15) is 4.79 Å². The molecule has 18 heavy (non-hydrogen) atoms. The Balaban J connectivity index is 2.21. The second-order valence-corrected chi connectivity index (χ2v) is 5.14. The largest absolute Gasteiger partial charge is 0.325 e. The number of thiazole rings is 1. The molecule has 4 nitrogen and oxygen atoms in total. The number of carbonyl (C=O) groups is 1. The summed E-state index contributed by atoms with van der Waals surface area (Å²) in [6, 6.07) is 5.00. The Hall–Kier alpha value is -1.14. The number of carbonyl (C=O) groups excluding carboxylic acids is 1. The minimum absolute atomic E-state index is 0.302. The normalized spacial score (nSPS) is 10.4. The average Bonchev–Trinajstić information content (AvgIpc) is 2.82. The number of hydrogen-bond donors (Lipinski definition) is 2. The minimum atomic E-state index is -0.360. The van der Waals surface area contributed by atoms with Gasteiger partial charge in [-0.15, -0.1) is 11.3 Å². The van der Waals surface area contributed by atoms with Gasteiger partial charge in [0, 0.05) is 11.9 Å². The molecule has 2 aromatic rings. The highest BCUT2D eigenvalue weighted by Crippen LogP contribution is 2.30. The van der Waals surface area contributed by atoms with Gasteiger partial charge in [0.15, 0.2) is 0 Å². The topological polar surface area (TPSA) is 68.0 Å². The van der Waals surface area contributed by atoms with E-state index in [0.29, 0.717) is 33.0 Å². The van der Waals surface area contributed by atoms with Gasteiger partial charge >= 0.3 is 0 Å². The van der Waals surface area contributed by atoms with Gasteiger partial charge in [-0.25, -0.2) is 4.98 Å². The standard InChI is InChI=1S/C11H9Cl2N3OS/c12-6-2-1-3-7(13)10(6)16-11(17)8-5-18-9(4-14)15-8/h1-3,5H,4,14H2,(H,16,17). The van der Waals surface area contributed by atoms with E-state index in [1.54, 1.807) is 23.6 Å². The van der Waals surface area contributed by atoms with Crippen LogP contribution in [0.2, 0.25) is 10.0 Å². The fourth-order valence-electron chi connectivity index (χ4n) is 1.30. The van der Waals surface area contributed by atoms with E-state index in [1.807, 2.05) is 0 Å². The van der Waals surface area contributed by atoms with Crippen LogP contribution in [0.5, 0.6) is 0 Å². The zero-order valence-electron chi connectivity index (χ0n) is 9.11. The maximum absolute atomic E-state index is 11.9. The zero-order chi connectivity index (χ0) is 13.1. The number of para-hydroxylation sites is 1. The number of anilines is 1. The molecule has 0 unspecified atom stereocenters. The lowest BCUT2D eigenvalue weighted by Gasteiger charge is -2.07. The van der Waals surface area contributed by atoms with Gasteiger partial charge in [0.2, 0.25) is 0 Å². The molecule has 3 N–H and O–H groups in total. The SMILES string of the molecule is NCc1nc(C(=O)Nc2c(Cl)cccc2Cl)cs1. The van der Waals surface area contributed by atoms with Crippen LogP contribution >= 0.6 is 34.5 Å². The molecule has 0 aliphatic rings. The molecule has 0 fully saturated rings. The van der Waals surface area contributed by atoms with Crippen LogP contribution in [0.25, 0.3) is 0 Å². The number of hydrogen-bond acceptors (Lipinski definition) is 4. The molecule has 0 spiro atoms. The predicted octanol–water partition coefficient (Wildman–Crippen LogP) is 3.16. The Morgan fingerprint density at radius 1 is 1.39 bits per heavy atom. The van der Waals surface area contributed by atoms with Crippen LogP contribution in [0.15, 0.2) is 23.6 Å². The number of benzene rings is 1. The number of nitrogens with zero attached hydrogens (tertiary/aromatic N) is 1. The summed E-state index contributed by atoms with van der Waals surface area (Å²) in [7, 11) is 0. The summed E-state index contributed by atoms with van der Waals surface area (Å²) in [6.45, 7) is 0.310. The van der Waals surface area contributed by atoms with Gasteiger partial charge in [-0.1, -0.05) is 29.3 Å². The van der Waals surface area contributed by atoms with Gasteiger partial charge in [-0.05, 0) is 12.1 Å². The van der Waals surface area contributed by atoms with Crippen molar-refractivity contribution in [2.24, 2.45) is 5.73 Å². The maximum atomic E-state index is 11.9. The third-order valence-corrected chi connectivity index (χ3v) is 3.66. The fourth-order valence-corrected chi connectivity index (χ4v) is 2.45. The third kappa shape index (κ3) is 2.81. The molecule has 0 aliphatic carbocycles. The Bertz CT molecular complexity index is 565. The summed E-state index contributed by atoms with van der Waals surface area (Å²) >= 11 is 13.2. The van der Waals surface area contributed by atoms with Crippen LogP contribution < -0.4 is 11.1 Å². The molecule has 94 valence electrons. The van der Waals surface area contributed by atoms with E-state index in [2.05, 4.69) is 10.3 Å². The van der Waals surface area contributed by atoms with E-state index in [1.165, 1.54) is 11.3 Å². The summed E-state index contributed by atoms with van der Waals surface area (Å²) in [5.41, 5.74) is 6.12. The highest BCUT2D eigenvalue weighted by atomic mass is 35.5. The van der Waals surface area contributed by atoms with E-state index < -0.39 is 0 Å². The molecule has 1 amide bonds.